The van der Waals surface area contributed by atoms with Crippen molar-refractivity contribution in [1.82, 2.24) is 9.78 Å². The molecule has 1 heterocycles. The number of carbonyl (C=O) groups excluding carboxylic acids is 2. The van der Waals surface area contributed by atoms with E-state index in [0.29, 0.717) is 18.5 Å². The van der Waals surface area contributed by atoms with Crippen LogP contribution in [0.1, 0.15) is 48.9 Å². The molecular formula is C19H22F3N3O2. The molecule has 0 spiro atoms. The number of rotatable bonds is 7. The molecule has 0 bridgehead atoms. The van der Waals surface area contributed by atoms with Crippen molar-refractivity contribution in [3.05, 3.63) is 47.3 Å². The van der Waals surface area contributed by atoms with Crippen molar-refractivity contribution in [1.29, 1.82) is 0 Å². The van der Waals surface area contributed by atoms with E-state index in [-0.39, 0.29) is 23.4 Å². The lowest BCUT2D eigenvalue weighted by Crippen LogP contribution is -2.24. The predicted octanol–water partition coefficient (Wildman–Crippen LogP) is 3.58. The molecule has 0 saturated heterocycles. The first-order chi connectivity index (χ1) is 12.4. The maximum Gasteiger partial charge on any atom is 0.435 e. The van der Waals surface area contributed by atoms with Gasteiger partial charge in [0.1, 0.15) is 11.5 Å². The number of aromatic nitrogens is 2. The summed E-state index contributed by atoms with van der Waals surface area (Å²) in [7, 11) is 0. The maximum absolute atomic E-state index is 13.0. The number of hydrogen-bond donors (Lipinski definition) is 1. The highest BCUT2D eigenvalue weighted by atomic mass is 19.4. The summed E-state index contributed by atoms with van der Waals surface area (Å²) in [4.78, 5) is 23.4. The minimum absolute atomic E-state index is 0.0288. The molecule has 8 heteroatoms. The Balaban J connectivity index is 2.39. The average molecular weight is 381 g/mol. The Kier molecular flexibility index (Phi) is 5.89. The van der Waals surface area contributed by atoms with Gasteiger partial charge in [-0.1, -0.05) is 26.0 Å². The molecule has 1 aromatic heterocycles. The standard InChI is InChI=1S/C19H22F3N3O2/c1-12(26)16-8-17(19(20,21)22)24-25(16)14-6-4-5-13(7-14)9-18(2,3)10-15(27)11-23/h4-8H,9-11,23H2,1-3H3. The lowest BCUT2D eigenvalue weighted by Gasteiger charge is -2.24. The van der Waals surface area contributed by atoms with Crippen LogP contribution < -0.4 is 5.73 Å². The molecule has 0 aliphatic rings. The topological polar surface area (TPSA) is 78.0 Å². The second kappa shape index (κ2) is 7.64. The van der Waals surface area contributed by atoms with Gasteiger partial charge in [-0.05, 0) is 29.5 Å². The van der Waals surface area contributed by atoms with E-state index in [0.717, 1.165) is 16.3 Å². The Morgan fingerprint density at radius 2 is 1.85 bits per heavy atom. The number of ketones is 2. The molecule has 5 nitrogen and oxygen atoms in total. The van der Waals surface area contributed by atoms with Crippen molar-refractivity contribution in [2.75, 3.05) is 6.54 Å². The summed E-state index contributed by atoms with van der Waals surface area (Å²) in [6, 6.07) is 7.51. The van der Waals surface area contributed by atoms with Crippen LogP contribution in [0.25, 0.3) is 5.69 Å². The minimum Gasteiger partial charge on any atom is -0.324 e. The van der Waals surface area contributed by atoms with E-state index in [1.54, 1.807) is 18.2 Å². The molecule has 0 aliphatic heterocycles. The molecule has 2 N–H and O–H groups in total. The second-order valence-corrected chi connectivity index (χ2v) is 7.31. The monoisotopic (exact) mass is 381 g/mol. The van der Waals surface area contributed by atoms with Gasteiger partial charge < -0.3 is 5.73 Å². The number of hydrogen-bond acceptors (Lipinski definition) is 4. The normalized spacial score (nSPS) is 12.3. The first-order valence-corrected chi connectivity index (χ1v) is 8.42. The number of carbonyl (C=O) groups is 2. The van der Waals surface area contributed by atoms with Gasteiger partial charge in [-0.2, -0.15) is 18.3 Å². The average Bonchev–Trinajstić information content (AvgIpc) is 2.99. The van der Waals surface area contributed by atoms with Gasteiger partial charge in [-0.15, -0.1) is 0 Å². The third-order valence-electron chi connectivity index (χ3n) is 4.10. The molecule has 0 unspecified atom stereocenters. The third-order valence-corrected chi connectivity index (χ3v) is 4.10. The van der Waals surface area contributed by atoms with Gasteiger partial charge in [-0.3, -0.25) is 9.59 Å². The summed E-state index contributed by atoms with van der Waals surface area (Å²) in [5.41, 5.74) is 4.92. The smallest absolute Gasteiger partial charge is 0.324 e. The Morgan fingerprint density at radius 1 is 1.19 bits per heavy atom. The van der Waals surface area contributed by atoms with Crippen molar-refractivity contribution >= 4 is 11.6 Å². The quantitative estimate of drug-likeness (QED) is 0.744. The van der Waals surface area contributed by atoms with Crippen molar-refractivity contribution in [3.63, 3.8) is 0 Å². The van der Waals surface area contributed by atoms with Crippen LogP contribution in [-0.4, -0.2) is 27.9 Å². The van der Waals surface area contributed by atoms with Gasteiger partial charge >= 0.3 is 6.18 Å². The Hall–Kier alpha value is -2.48. The number of halogens is 3. The summed E-state index contributed by atoms with van der Waals surface area (Å²) in [6.07, 6.45) is -3.82. The molecule has 1 aromatic carbocycles. The maximum atomic E-state index is 13.0. The Bertz CT molecular complexity index is 854. The molecule has 0 aliphatic carbocycles. The molecule has 146 valence electrons. The highest BCUT2D eigenvalue weighted by molar-refractivity contribution is 5.93. The van der Waals surface area contributed by atoms with Gasteiger partial charge in [0, 0.05) is 19.4 Å². The Labute approximate surface area is 155 Å². The number of Topliss-reactive ketones (excluding diaryl/α,β-unsaturated/α-hetero) is 2. The number of alkyl halides is 3. The van der Waals surface area contributed by atoms with Gasteiger partial charge in [0.25, 0.3) is 0 Å². The summed E-state index contributed by atoms with van der Waals surface area (Å²) in [6.45, 7) is 5.01. The van der Waals surface area contributed by atoms with Crippen molar-refractivity contribution in [2.24, 2.45) is 11.1 Å². The largest absolute Gasteiger partial charge is 0.435 e. The fraction of sp³-hybridized carbons (Fsp3) is 0.421. The SMILES string of the molecule is CC(=O)c1cc(C(F)(F)F)nn1-c1cccc(CC(C)(C)CC(=O)CN)c1. The van der Waals surface area contributed by atoms with E-state index in [9.17, 15) is 22.8 Å². The summed E-state index contributed by atoms with van der Waals surface area (Å²) < 4.78 is 40.0. The van der Waals surface area contributed by atoms with Gasteiger partial charge in [0.2, 0.25) is 0 Å². The van der Waals surface area contributed by atoms with E-state index in [1.165, 1.54) is 6.92 Å². The second-order valence-electron chi connectivity index (χ2n) is 7.31. The van der Waals surface area contributed by atoms with E-state index in [4.69, 9.17) is 5.73 Å². The highest BCUT2D eigenvalue weighted by Gasteiger charge is 2.35. The zero-order chi connectivity index (χ0) is 20.4. The van der Waals surface area contributed by atoms with Gasteiger partial charge in [0.15, 0.2) is 11.5 Å². The highest BCUT2D eigenvalue weighted by Crippen LogP contribution is 2.31. The first kappa shape index (κ1) is 20.8. The van der Waals surface area contributed by atoms with Crippen LogP contribution in [-0.2, 0) is 17.4 Å². The Morgan fingerprint density at radius 3 is 2.41 bits per heavy atom. The minimum atomic E-state index is -4.64. The molecule has 0 amide bonds. The van der Waals surface area contributed by atoms with Crippen LogP contribution in [0, 0.1) is 5.41 Å². The fourth-order valence-corrected chi connectivity index (χ4v) is 2.99. The predicted molar refractivity (Wildman–Crippen MR) is 94.7 cm³/mol. The van der Waals surface area contributed by atoms with E-state index >= 15 is 0 Å². The molecule has 0 radical (unpaired) electrons. The lowest BCUT2D eigenvalue weighted by molar-refractivity contribution is -0.141. The van der Waals surface area contributed by atoms with Crippen LogP contribution in [0.3, 0.4) is 0 Å². The van der Waals surface area contributed by atoms with Crippen LogP contribution in [0.4, 0.5) is 13.2 Å². The summed E-state index contributed by atoms with van der Waals surface area (Å²) >= 11 is 0. The van der Waals surface area contributed by atoms with Gasteiger partial charge in [0.05, 0.1) is 12.2 Å². The summed E-state index contributed by atoms with van der Waals surface area (Å²) in [5, 5.41) is 3.57. The van der Waals surface area contributed by atoms with Crippen LogP contribution in [0.5, 0.6) is 0 Å². The van der Waals surface area contributed by atoms with E-state index < -0.39 is 17.7 Å². The summed E-state index contributed by atoms with van der Waals surface area (Å²) in [5.74, 6) is -0.575. The van der Waals surface area contributed by atoms with Crippen molar-refractivity contribution in [2.45, 2.75) is 39.8 Å². The number of benzene rings is 1. The molecule has 0 saturated carbocycles. The third kappa shape index (κ3) is 5.26. The van der Waals surface area contributed by atoms with Crippen LogP contribution in [0.15, 0.2) is 30.3 Å². The fourth-order valence-electron chi connectivity index (χ4n) is 2.99. The molecule has 0 fully saturated rings. The van der Waals surface area contributed by atoms with Gasteiger partial charge in [-0.25, -0.2) is 4.68 Å². The lowest BCUT2D eigenvalue weighted by atomic mass is 9.81. The number of nitrogens with zero attached hydrogens (tertiary/aromatic N) is 2. The van der Waals surface area contributed by atoms with E-state index in [2.05, 4.69) is 5.10 Å². The molecule has 2 rings (SSSR count). The molecule has 27 heavy (non-hydrogen) atoms. The van der Waals surface area contributed by atoms with Crippen LogP contribution in [0.2, 0.25) is 0 Å². The first-order valence-electron chi connectivity index (χ1n) is 8.42. The van der Waals surface area contributed by atoms with Crippen LogP contribution >= 0.6 is 0 Å². The van der Waals surface area contributed by atoms with E-state index in [1.807, 2.05) is 19.9 Å². The molecular weight excluding hydrogens is 359 g/mol. The van der Waals surface area contributed by atoms with Crippen molar-refractivity contribution < 1.29 is 22.8 Å². The number of nitrogens with two attached hydrogens (primary N) is 1. The molecule has 2 aromatic rings. The molecule has 0 atom stereocenters. The zero-order valence-corrected chi connectivity index (χ0v) is 15.4. The zero-order valence-electron chi connectivity index (χ0n) is 15.4. The van der Waals surface area contributed by atoms with Crippen molar-refractivity contribution in [3.8, 4) is 5.69 Å².